The van der Waals surface area contributed by atoms with Crippen LogP contribution in [0.5, 0.6) is 0 Å². The maximum absolute atomic E-state index is 13.2. The van der Waals surface area contributed by atoms with Gasteiger partial charge in [-0.25, -0.2) is 4.98 Å². The molecule has 1 aliphatic rings. The first-order valence-corrected chi connectivity index (χ1v) is 10.1. The smallest absolute Gasteiger partial charge is 0.295 e. The summed E-state index contributed by atoms with van der Waals surface area (Å²) in [7, 11) is 0. The van der Waals surface area contributed by atoms with Crippen molar-refractivity contribution in [1.29, 1.82) is 5.26 Å². The van der Waals surface area contributed by atoms with Crippen LogP contribution in [0.1, 0.15) is 23.3 Å². The molecule has 1 amide bonds. The van der Waals surface area contributed by atoms with Crippen LogP contribution in [0.3, 0.4) is 0 Å². The molecule has 3 heterocycles. The number of piperidine rings is 1. The molecule has 8 heteroatoms. The Labute approximate surface area is 178 Å². The van der Waals surface area contributed by atoms with Crippen LogP contribution in [0.2, 0.25) is 5.02 Å². The van der Waals surface area contributed by atoms with Crippen molar-refractivity contribution in [3.8, 4) is 17.3 Å². The highest BCUT2D eigenvalue weighted by atomic mass is 35.5. The molecule has 1 aliphatic heterocycles. The Morgan fingerprint density at radius 3 is 2.90 bits per heavy atom. The van der Waals surface area contributed by atoms with Crippen molar-refractivity contribution in [1.82, 2.24) is 18.9 Å². The second kappa shape index (κ2) is 8.17. The van der Waals surface area contributed by atoms with Gasteiger partial charge >= 0.3 is 0 Å². The quantitative estimate of drug-likeness (QED) is 0.604. The molecule has 2 aromatic heterocycles. The van der Waals surface area contributed by atoms with Crippen molar-refractivity contribution in [3.63, 3.8) is 0 Å². The number of rotatable bonds is 4. The molecule has 0 aliphatic carbocycles. The molecule has 1 atom stereocenters. The van der Waals surface area contributed by atoms with E-state index < -0.39 is 0 Å². The number of hydrogen-bond acceptors (Lipinski definition) is 4. The summed E-state index contributed by atoms with van der Waals surface area (Å²) in [5.41, 5.74) is 1.32. The number of benzene rings is 1. The molecular formula is C22H20ClN5O2. The summed E-state index contributed by atoms with van der Waals surface area (Å²) in [6.45, 7) is 4.98. The Morgan fingerprint density at radius 2 is 2.17 bits per heavy atom. The zero-order valence-corrected chi connectivity index (χ0v) is 17.0. The van der Waals surface area contributed by atoms with Crippen LogP contribution in [0.4, 0.5) is 0 Å². The number of carbonyl (C=O) groups is 1. The summed E-state index contributed by atoms with van der Waals surface area (Å²) >= 11 is 6.37. The fourth-order valence-corrected chi connectivity index (χ4v) is 4.04. The number of allylic oxidation sites excluding steroid dienone is 1. The minimum absolute atomic E-state index is 0.157. The predicted molar refractivity (Wildman–Crippen MR) is 114 cm³/mol. The maximum Gasteiger partial charge on any atom is 0.295 e. The van der Waals surface area contributed by atoms with Gasteiger partial charge in [0, 0.05) is 42.6 Å². The first-order chi connectivity index (χ1) is 14.5. The van der Waals surface area contributed by atoms with Crippen molar-refractivity contribution in [3.05, 3.63) is 70.4 Å². The second-order valence-electron chi connectivity index (χ2n) is 7.28. The zero-order valence-electron chi connectivity index (χ0n) is 16.3. The molecule has 1 aromatic carbocycles. The lowest BCUT2D eigenvalue weighted by molar-refractivity contribution is 0.0693. The van der Waals surface area contributed by atoms with Gasteiger partial charge in [0.1, 0.15) is 5.69 Å². The number of imidazole rings is 1. The minimum atomic E-state index is -0.333. The summed E-state index contributed by atoms with van der Waals surface area (Å²) in [4.78, 5) is 32.1. The highest BCUT2D eigenvalue weighted by Gasteiger charge is 2.26. The van der Waals surface area contributed by atoms with Crippen LogP contribution in [-0.2, 0) is 6.54 Å². The Balaban J connectivity index is 1.81. The molecule has 0 unspecified atom stereocenters. The Morgan fingerprint density at radius 1 is 1.37 bits per heavy atom. The molecule has 1 fully saturated rings. The standard InChI is InChI=1S/C22H20ClN5O2/c1-2-9-28-19(16-7-3-4-8-17(16)23)14-27-13-18(25-20(27)22(28)30)21(29)26-10-5-6-15(11-24)12-26/h2-4,7-8,13-15H,1,5-6,9-10,12H2/t15-/m1/s1. The van der Waals surface area contributed by atoms with Gasteiger partial charge in [-0.2, -0.15) is 5.26 Å². The van der Waals surface area contributed by atoms with Crippen LogP contribution in [-0.4, -0.2) is 37.8 Å². The van der Waals surface area contributed by atoms with E-state index in [1.807, 2.05) is 18.2 Å². The van der Waals surface area contributed by atoms with Crippen LogP contribution in [0, 0.1) is 17.2 Å². The van der Waals surface area contributed by atoms with Crippen molar-refractivity contribution in [2.75, 3.05) is 13.1 Å². The molecular weight excluding hydrogens is 402 g/mol. The van der Waals surface area contributed by atoms with Gasteiger partial charge in [-0.05, 0) is 18.9 Å². The highest BCUT2D eigenvalue weighted by Crippen LogP contribution is 2.27. The molecule has 0 saturated carbocycles. The zero-order chi connectivity index (χ0) is 21.3. The van der Waals surface area contributed by atoms with E-state index in [9.17, 15) is 14.9 Å². The van der Waals surface area contributed by atoms with Gasteiger partial charge in [-0.15, -0.1) is 6.58 Å². The Kier molecular flexibility index (Phi) is 5.42. The van der Waals surface area contributed by atoms with Crippen molar-refractivity contribution < 1.29 is 4.79 Å². The Bertz CT molecular complexity index is 1240. The van der Waals surface area contributed by atoms with Gasteiger partial charge < -0.3 is 4.90 Å². The topological polar surface area (TPSA) is 83.4 Å². The monoisotopic (exact) mass is 421 g/mol. The number of hydrogen-bond donors (Lipinski definition) is 0. The van der Waals surface area contributed by atoms with E-state index in [4.69, 9.17) is 11.6 Å². The van der Waals surface area contributed by atoms with Gasteiger partial charge in [0.05, 0.1) is 17.7 Å². The average molecular weight is 422 g/mol. The Hall–Kier alpha value is -3.37. The summed E-state index contributed by atoms with van der Waals surface area (Å²) in [5.74, 6) is -0.441. The molecule has 152 valence electrons. The number of halogens is 1. The average Bonchev–Trinajstić information content (AvgIpc) is 3.20. The van der Waals surface area contributed by atoms with E-state index in [2.05, 4.69) is 17.6 Å². The molecule has 0 N–H and O–H groups in total. The van der Waals surface area contributed by atoms with Crippen LogP contribution in [0.15, 0.2) is 54.1 Å². The molecule has 0 spiro atoms. The lowest BCUT2D eigenvalue weighted by atomic mass is 9.99. The SMILES string of the molecule is C=CCn1c(-c2ccccc2Cl)cn2cc(C(=O)N3CCC[C@H](C#N)C3)nc2c1=O. The summed E-state index contributed by atoms with van der Waals surface area (Å²) in [5, 5.41) is 9.70. The minimum Gasteiger partial charge on any atom is -0.336 e. The molecule has 4 rings (SSSR count). The number of amides is 1. The third-order valence-electron chi connectivity index (χ3n) is 5.29. The maximum atomic E-state index is 13.2. The first kappa shape index (κ1) is 19.9. The molecule has 0 bridgehead atoms. The lowest BCUT2D eigenvalue weighted by Crippen LogP contribution is -2.39. The van der Waals surface area contributed by atoms with Gasteiger partial charge in [-0.3, -0.25) is 18.6 Å². The fraction of sp³-hybridized carbons (Fsp3) is 0.273. The third-order valence-corrected chi connectivity index (χ3v) is 5.62. The number of aromatic nitrogens is 3. The van der Waals surface area contributed by atoms with Crippen molar-refractivity contribution in [2.24, 2.45) is 5.92 Å². The van der Waals surface area contributed by atoms with Gasteiger partial charge in [-0.1, -0.05) is 35.9 Å². The number of carbonyl (C=O) groups excluding carboxylic acids is 1. The summed E-state index contributed by atoms with van der Waals surface area (Å²) in [6, 6.07) is 9.49. The largest absolute Gasteiger partial charge is 0.336 e. The number of nitrogens with zero attached hydrogens (tertiary/aromatic N) is 5. The van der Waals surface area contributed by atoms with Gasteiger partial charge in [0.25, 0.3) is 11.5 Å². The van der Waals surface area contributed by atoms with E-state index in [0.717, 1.165) is 12.8 Å². The van der Waals surface area contributed by atoms with E-state index in [1.54, 1.807) is 33.8 Å². The first-order valence-electron chi connectivity index (χ1n) is 9.70. The molecule has 7 nitrogen and oxygen atoms in total. The van der Waals surface area contributed by atoms with E-state index >= 15 is 0 Å². The normalized spacial score (nSPS) is 16.4. The van der Waals surface area contributed by atoms with Crippen LogP contribution in [0.25, 0.3) is 16.9 Å². The molecule has 3 aromatic rings. The van der Waals surface area contributed by atoms with Crippen LogP contribution >= 0.6 is 11.6 Å². The third kappa shape index (κ3) is 3.51. The lowest BCUT2D eigenvalue weighted by Gasteiger charge is -2.28. The molecule has 1 saturated heterocycles. The van der Waals surface area contributed by atoms with Crippen molar-refractivity contribution >= 4 is 23.2 Å². The van der Waals surface area contributed by atoms with E-state index in [0.29, 0.717) is 29.4 Å². The molecule has 30 heavy (non-hydrogen) atoms. The summed E-state index contributed by atoms with van der Waals surface area (Å²) < 4.78 is 3.11. The highest BCUT2D eigenvalue weighted by molar-refractivity contribution is 6.33. The van der Waals surface area contributed by atoms with Crippen molar-refractivity contribution in [2.45, 2.75) is 19.4 Å². The number of likely N-dealkylation sites (tertiary alicyclic amines) is 1. The fourth-order valence-electron chi connectivity index (χ4n) is 3.81. The number of nitriles is 1. The molecule has 0 radical (unpaired) electrons. The van der Waals surface area contributed by atoms with Gasteiger partial charge in [0.2, 0.25) is 5.65 Å². The van der Waals surface area contributed by atoms with Crippen LogP contribution < -0.4 is 5.56 Å². The second-order valence-corrected chi connectivity index (χ2v) is 7.68. The number of fused-ring (bicyclic) bond motifs is 1. The predicted octanol–water partition coefficient (Wildman–Crippen LogP) is 3.38. The summed E-state index contributed by atoms with van der Waals surface area (Å²) in [6.07, 6.45) is 6.51. The van der Waals surface area contributed by atoms with Gasteiger partial charge in [0.15, 0.2) is 0 Å². The van der Waals surface area contributed by atoms with E-state index in [-0.39, 0.29) is 35.3 Å². The van der Waals surface area contributed by atoms with E-state index in [1.165, 1.54) is 4.57 Å².